The highest BCUT2D eigenvalue weighted by atomic mass is 19.1. The van der Waals surface area contributed by atoms with Crippen LogP contribution in [-0.2, 0) is 11.3 Å². The number of carbonyl (C=O) groups excluding carboxylic acids is 2. The highest BCUT2D eigenvalue weighted by Gasteiger charge is 2.29. The molecule has 1 aromatic heterocycles. The lowest BCUT2D eigenvalue weighted by atomic mass is 10.0. The fourth-order valence-corrected chi connectivity index (χ4v) is 3.99. The van der Waals surface area contributed by atoms with Gasteiger partial charge in [-0.3, -0.25) is 9.59 Å². The number of nitrogens with one attached hydrogen (secondary N) is 3. The van der Waals surface area contributed by atoms with E-state index in [1.165, 1.54) is 6.07 Å². The predicted octanol–water partition coefficient (Wildman–Crippen LogP) is 2.51. The van der Waals surface area contributed by atoms with E-state index in [2.05, 4.69) is 25.9 Å². The summed E-state index contributed by atoms with van der Waals surface area (Å²) in [5.41, 5.74) is 1.62. The summed E-state index contributed by atoms with van der Waals surface area (Å²) in [6, 6.07) is 10.2. The van der Waals surface area contributed by atoms with E-state index in [1.807, 2.05) is 0 Å². The van der Waals surface area contributed by atoms with Gasteiger partial charge in [0, 0.05) is 25.8 Å². The third-order valence-electron chi connectivity index (χ3n) is 5.74. The number of piperazine rings is 1. The normalized spacial score (nSPS) is 17.7. The topological polar surface area (TPSA) is 99.2 Å². The third kappa shape index (κ3) is 3.78. The number of likely N-dealkylation sites (N-methyl/N-ethyl adjacent to an activating group) is 1. The van der Waals surface area contributed by atoms with Gasteiger partial charge in [0.15, 0.2) is 5.82 Å². The van der Waals surface area contributed by atoms with E-state index in [0.29, 0.717) is 24.5 Å². The van der Waals surface area contributed by atoms with Crippen molar-refractivity contribution in [2.75, 3.05) is 25.5 Å². The smallest absolute Gasteiger partial charge is 0.257 e. The van der Waals surface area contributed by atoms with E-state index in [9.17, 15) is 18.4 Å². The zero-order chi connectivity index (χ0) is 23.1. The number of amides is 2. The number of nitrogens with zero attached hydrogens (tertiary/aromatic N) is 3. The van der Waals surface area contributed by atoms with Crippen molar-refractivity contribution >= 4 is 23.3 Å². The Bertz CT molecular complexity index is 1240. The molecular formula is C23H20F2N6O2. The number of aromatic nitrogens is 2. The van der Waals surface area contributed by atoms with E-state index in [0.717, 1.165) is 17.7 Å². The van der Waals surface area contributed by atoms with Crippen LogP contribution in [0.15, 0.2) is 42.5 Å². The first-order valence-electron chi connectivity index (χ1n) is 10.4. The minimum absolute atomic E-state index is 0.0104. The number of anilines is 2. The molecule has 1 atom stereocenters. The monoisotopic (exact) mass is 450 g/mol. The molecule has 0 aliphatic carbocycles. The molecule has 10 heteroatoms. The van der Waals surface area contributed by atoms with E-state index in [4.69, 9.17) is 0 Å². The molecule has 33 heavy (non-hydrogen) atoms. The van der Waals surface area contributed by atoms with E-state index < -0.39 is 17.7 Å². The molecule has 1 fully saturated rings. The summed E-state index contributed by atoms with van der Waals surface area (Å²) >= 11 is 0. The van der Waals surface area contributed by atoms with Gasteiger partial charge in [-0.25, -0.2) is 18.7 Å². The number of hydrogen-bond acceptors (Lipinski definition) is 6. The predicted molar refractivity (Wildman–Crippen MR) is 117 cm³/mol. The maximum Gasteiger partial charge on any atom is 0.257 e. The fraction of sp³-hybridized carbons (Fsp3) is 0.217. The van der Waals surface area contributed by atoms with Crippen LogP contribution in [0.4, 0.5) is 20.3 Å². The Morgan fingerprint density at radius 3 is 2.48 bits per heavy atom. The van der Waals surface area contributed by atoms with Crippen LogP contribution in [0.25, 0.3) is 11.4 Å². The maximum atomic E-state index is 14.3. The van der Waals surface area contributed by atoms with Crippen LogP contribution < -0.4 is 16.0 Å². The lowest BCUT2D eigenvalue weighted by Gasteiger charge is -2.30. The number of halogens is 2. The van der Waals surface area contributed by atoms with Crippen LogP contribution in [0.2, 0.25) is 0 Å². The van der Waals surface area contributed by atoms with Crippen molar-refractivity contribution in [1.82, 2.24) is 25.5 Å². The Morgan fingerprint density at radius 1 is 1.03 bits per heavy atom. The summed E-state index contributed by atoms with van der Waals surface area (Å²) in [4.78, 5) is 35.0. The number of fused-ring (bicyclic) bond motifs is 1. The van der Waals surface area contributed by atoms with Gasteiger partial charge >= 0.3 is 0 Å². The van der Waals surface area contributed by atoms with Crippen molar-refractivity contribution in [3.8, 4) is 11.4 Å². The van der Waals surface area contributed by atoms with Crippen molar-refractivity contribution in [2.24, 2.45) is 0 Å². The molecule has 168 valence electrons. The van der Waals surface area contributed by atoms with Crippen molar-refractivity contribution < 1.29 is 18.4 Å². The first kappa shape index (κ1) is 21.0. The molecule has 0 unspecified atom stereocenters. The summed E-state index contributed by atoms with van der Waals surface area (Å²) in [5.74, 6) is -1.98. The van der Waals surface area contributed by atoms with Crippen LogP contribution in [-0.4, -0.2) is 46.8 Å². The number of carbonyl (C=O) groups is 2. The van der Waals surface area contributed by atoms with Crippen molar-refractivity contribution in [1.29, 1.82) is 0 Å². The summed E-state index contributed by atoms with van der Waals surface area (Å²) in [6.07, 6.45) is 0. The van der Waals surface area contributed by atoms with E-state index >= 15 is 0 Å². The fourth-order valence-electron chi connectivity index (χ4n) is 3.99. The van der Waals surface area contributed by atoms with Crippen molar-refractivity contribution in [3.63, 3.8) is 0 Å². The van der Waals surface area contributed by atoms with Gasteiger partial charge in [0.2, 0.25) is 5.91 Å². The second kappa shape index (κ2) is 8.21. The van der Waals surface area contributed by atoms with Gasteiger partial charge in [0.1, 0.15) is 29.1 Å². The summed E-state index contributed by atoms with van der Waals surface area (Å²) in [7, 11) is 1.77. The maximum absolute atomic E-state index is 14.3. The van der Waals surface area contributed by atoms with Crippen LogP contribution in [0.5, 0.6) is 0 Å². The number of rotatable bonds is 4. The molecule has 3 N–H and O–H groups in total. The number of hydrogen-bond donors (Lipinski definition) is 3. The van der Waals surface area contributed by atoms with Crippen LogP contribution >= 0.6 is 0 Å². The minimum atomic E-state index is -0.794. The average molecular weight is 450 g/mol. The van der Waals surface area contributed by atoms with Gasteiger partial charge in [-0.1, -0.05) is 18.2 Å². The van der Waals surface area contributed by atoms with Crippen LogP contribution in [0, 0.1) is 11.6 Å². The summed E-state index contributed by atoms with van der Waals surface area (Å²) in [6.45, 7) is 1.49. The van der Waals surface area contributed by atoms with Gasteiger partial charge in [-0.15, -0.1) is 0 Å². The molecule has 2 aliphatic heterocycles. The second-order valence-corrected chi connectivity index (χ2v) is 7.89. The standard InChI is InChI=1S/C23H20F2N6O2/c1-31-10-9-26-19(23(31)33)12-5-7-13(8-6-12)28-21-18-16(11-27-22(18)32)29-20(30-21)17-14(24)3-2-4-15(17)25/h2-8,19,26H,9-11H2,1H3,(H,27,32)(H,28,29,30)/t19-/m0/s1. The Balaban J connectivity index is 1.49. The van der Waals surface area contributed by atoms with Gasteiger partial charge < -0.3 is 20.9 Å². The Morgan fingerprint density at radius 2 is 1.76 bits per heavy atom. The molecule has 2 aliphatic rings. The van der Waals surface area contributed by atoms with E-state index in [1.54, 1.807) is 36.2 Å². The lowest BCUT2D eigenvalue weighted by molar-refractivity contribution is -0.134. The molecule has 0 radical (unpaired) electrons. The molecular weight excluding hydrogens is 430 g/mol. The first-order chi connectivity index (χ1) is 15.9. The number of benzene rings is 2. The quantitative estimate of drug-likeness (QED) is 0.565. The molecule has 2 aromatic carbocycles. The van der Waals surface area contributed by atoms with Gasteiger partial charge in [0.25, 0.3) is 5.91 Å². The van der Waals surface area contributed by atoms with Crippen molar-refractivity contribution in [2.45, 2.75) is 12.6 Å². The third-order valence-corrected chi connectivity index (χ3v) is 5.74. The van der Waals surface area contributed by atoms with Gasteiger partial charge in [-0.05, 0) is 29.8 Å². The minimum Gasteiger partial charge on any atom is -0.346 e. The molecule has 1 saturated heterocycles. The van der Waals surface area contributed by atoms with Gasteiger partial charge in [-0.2, -0.15) is 0 Å². The molecule has 0 saturated carbocycles. The Hall–Kier alpha value is -3.92. The summed E-state index contributed by atoms with van der Waals surface area (Å²) < 4.78 is 28.7. The zero-order valence-corrected chi connectivity index (χ0v) is 17.7. The Labute approximate surface area is 188 Å². The second-order valence-electron chi connectivity index (χ2n) is 7.89. The molecule has 5 rings (SSSR count). The van der Waals surface area contributed by atoms with Gasteiger partial charge in [0.05, 0.1) is 17.8 Å². The molecule has 0 spiro atoms. The highest BCUT2D eigenvalue weighted by Crippen LogP contribution is 2.31. The highest BCUT2D eigenvalue weighted by molar-refractivity contribution is 6.03. The molecule has 2 amide bonds. The molecule has 0 bridgehead atoms. The lowest BCUT2D eigenvalue weighted by Crippen LogP contribution is -2.48. The van der Waals surface area contributed by atoms with Crippen molar-refractivity contribution in [3.05, 3.63) is 70.9 Å². The molecule has 8 nitrogen and oxygen atoms in total. The van der Waals surface area contributed by atoms with E-state index in [-0.39, 0.29) is 41.1 Å². The average Bonchev–Trinajstić information content (AvgIpc) is 3.17. The van der Waals surface area contributed by atoms with Crippen LogP contribution in [0.1, 0.15) is 27.7 Å². The van der Waals surface area contributed by atoms with Crippen LogP contribution in [0.3, 0.4) is 0 Å². The largest absolute Gasteiger partial charge is 0.346 e. The first-order valence-corrected chi connectivity index (χ1v) is 10.4. The summed E-state index contributed by atoms with van der Waals surface area (Å²) in [5, 5.41) is 8.93. The molecule has 3 heterocycles. The molecule has 3 aromatic rings. The zero-order valence-electron chi connectivity index (χ0n) is 17.7. The SMILES string of the molecule is CN1CCN[C@@H](c2ccc(Nc3nc(-c4c(F)cccc4F)nc4c3C(=O)NC4)cc2)C1=O. The Kier molecular flexibility index (Phi) is 5.21.